The molecule has 0 saturated carbocycles. The molecule has 3 rings (SSSR count). The van der Waals surface area contributed by atoms with E-state index in [1.165, 1.54) is 12.1 Å². The van der Waals surface area contributed by atoms with Crippen molar-refractivity contribution in [3.05, 3.63) is 28.1 Å². The zero-order valence-electron chi connectivity index (χ0n) is 10.5. The molecule has 1 aliphatic heterocycles. The summed E-state index contributed by atoms with van der Waals surface area (Å²) in [7, 11) is 1.99. The minimum atomic E-state index is 0.390. The van der Waals surface area contributed by atoms with Crippen molar-refractivity contribution in [2.24, 2.45) is 7.05 Å². The molecular weight excluding hydrogens is 294 g/mol. The maximum absolute atomic E-state index is 5.66. The first kappa shape index (κ1) is 12.0. The summed E-state index contributed by atoms with van der Waals surface area (Å²) in [5, 5.41) is 8.08. The molecule has 18 heavy (non-hydrogen) atoms. The average Bonchev–Trinajstić information content (AvgIpc) is 3.01. The predicted octanol–water partition coefficient (Wildman–Crippen LogP) is 3.18. The van der Waals surface area contributed by atoms with Crippen LogP contribution in [0.1, 0.15) is 30.3 Å². The molecule has 2 aromatic rings. The molecule has 4 nitrogen and oxygen atoms in total. The fourth-order valence-corrected chi connectivity index (χ4v) is 3.33. The Morgan fingerprint density at radius 3 is 2.94 bits per heavy atom. The average molecular weight is 310 g/mol. The molecule has 2 aromatic heterocycles. The maximum Gasteiger partial charge on any atom is 0.155 e. The van der Waals surface area contributed by atoms with Crippen LogP contribution in [-0.2, 0) is 7.05 Å². The van der Waals surface area contributed by atoms with E-state index < -0.39 is 0 Å². The summed E-state index contributed by atoms with van der Waals surface area (Å²) in [4.78, 5) is 0. The van der Waals surface area contributed by atoms with Gasteiger partial charge in [-0.15, -0.1) is 0 Å². The van der Waals surface area contributed by atoms with Crippen molar-refractivity contribution in [1.29, 1.82) is 0 Å². The molecular formula is C13H16BrN3O. The highest BCUT2D eigenvalue weighted by molar-refractivity contribution is 9.10. The van der Waals surface area contributed by atoms with Crippen LogP contribution >= 0.6 is 15.9 Å². The summed E-state index contributed by atoms with van der Waals surface area (Å²) in [5.41, 5.74) is 2.09. The van der Waals surface area contributed by atoms with Gasteiger partial charge in [-0.1, -0.05) is 0 Å². The van der Waals surface area contributed by atoms with Crippen LogP contribution in [0.5, 0.6) is 0 Å². The van der Waals surface area contributed by atoms with E-state index in [4.69, 9.17) is 4.42 Å². The van der Waals surface area contributed by atoms with Gasteiger partial charge in [0.15, 0.2) is 5.76 Å². The lowest BCUT2D eigenvalue weighted by Gasteiger charge is -2.10. The maximum atomic E-state index is 5.66. The molecule has 1 unspecified atom stereocenters. The highest BCUT2D eigenvalue weighted by Gasteiger charge is 2.26. The monoisotopic (exact) mass is 309 g/mol. The van der Waals surface area contributed by atoms with Crippen LogP contribution in [0.15, 0.2) is 21.0 Å². The van der Waals surface area contributed by atoms with Gasteiger partial charge in [0.25, 0.3) is 0 Å². The Morgan fingerprint density at radius 2 is 2.33 bits per heavy atom. The van der Waals surface area contributed by atoms with Gasteiger partial charge in [-0.3, -0.25) is 4.68 Å². The van der Waals surface area contributed by atoms with Crippen LogP contribution in [-0.4, -0.2) is 16.3 Å². The molecule has 0 spiro atoms. The SMILES string of the molecule is Cc1ccc(-c2nn(C)c(C3CCCN3)c2Br)o1. The molecule has 1 saturated heterocycles. The Bertz CT molecular complexity index is 567. The highest BCUT2D eigenvalue weighted by Crippen LogP contribution is 2.36. The normalized spacial score (nSPS) is 19.6. The molecule has 1 fully saturated rings. The predicted molar refractivity (Wildman–Crippen MR) is 73.3 cm³/mol. The van der Waals surface area contributed by atoms with Crippen LogP contribution in [0.25, 0.3) is 11.5 Å². The lowest BCUT2D eigenvalue weighted by molar-refractivity contribution is 0.543. The first-order valence-electron chi connectivity index (χ1n) is 6.19. The number of aromatic nitrogens is 2. The number of nitrogens with one attached hydrogen (secondary N) is 1. The van der Waals surface area contributed by atoms with E-state index in [1.54, 1.807) is 0 Å². The summed E-state index contributed by atoms with van der Waals surface area (Å²) < 4.78 is 8.64. The highest BCUT2D eigenvalue weighted by atomic mass is 79.9. The van der Waals surface area contributed by atoms with E-state index in [2.05, 4.69) is 26.3 Å². The minimum absolute atomic E-state index is 0.390. The van der Waals surface area contributed by atoms with Crippen molar-refractivity contribution >= 4 is 15.9 Å². The van der Waals surface area contributed by atoms with Crippen molar-refractivity contribution < 1.29 is 4.42 Å². The Kier molecular flexibility index (Phi) is 3.03. The van der Waals surface area contributed by atoms with Gasteiger partial charge in [0.2, 0.25) is 0 Å². The summed E-state index contributed by atoms with van der Waals surface area (Å²) >= 11 is 3.67. The summed E-state index contributed by atoms with van der Waals surface area (Å²) in [6.45, 7) is 3.03. The third-order valence-electron chi connectivity index (χ3n) is 3.40. The van der Waals surface area contributed by atoms with Crippen molar-refractivity contribution in [2.75, 3.05) is 6.54 Å². The Morgan fingerprint density at radius 1 is 1.50 bits per heavy atom. The van der Waals surface area contributed by atoms with Crippen LogP contribution in [0, 0.1) is 6.92 Å². The van der Waals surface area contributed by atoms with E-state index >= 15 is 0 Å². The number of nitrogens with zero attached hydrogens (tertiary/aromatic N) is 2. The number of hydrogen-bond acceptors (Lipinski definition) is 3. The Labute approximate surface area is 114 Å². The number of furan rings is 1. The Hall–Kier alpha value is -1.07. The van der Waals surface area contributed by atoms with E-state index in [1.807, 2.05) is 30.8 Å². The number of halogens is 1. The van der Waals surface area contributed by atoms with Crippen LogP contribution in [0.2, 0.25) is 0 Å². The second kappa shape index (κ2) is 4.55. The zero-order valence-corrected chi connectivity index (χ0v) is 12.1. The van der Waals surface area contributed by atoms with Crippen molar-refractivity contribution in [2.45, 2.75) is 25.8 Å². The standard InChI is InChI=1S/C13H16BrN3O/c1-8-5-6-10(18-8)12-11(14)13(17(2)16-12)9-4-3-7-15-9/h5-6,9,15H,3-4,7H2,1-2H3. The fourth-order valence-electron chi connectivity index (χ4n) is 2.53. The largest absolute Gasteiger partial charge is 0.460 e. The lowest BCUT2D eigenvalue weighted by Crippen LogP contribution is -2.16. The van der Waals surface area contributed by atoms with Crippen LogP contribution in [0.3, 0.4) is 0 Å². The van der Waals surface area contributed by atoms with Crippen molar-refractivity contribution in [3.8, 4) is 11.5 Å². The molecule has 96 valence electrons. The van der Waals surface area contributed by atoms with Gasteiger partial charge in [0, 0.05) is 7.05 Å². The van der Waals surface area contributed by atoms with Gasteiger partial charge in [0.1, 0.15) is 11.5 Å². The van der Waals surface area contributed by atoms with Gasteiger partial charge >= 0.3 is 0 Å². The molecule has 1 atom stereocenters. The molecule has 0 aromatic carbocycles. The number of aryl methyl sites for hydroxylation is 2. The fraction of sp³-hybridized carbons (Fsp3) is 0.462. The number of rotatable bonds is 2. The van der Waals surface area contributed by atoms with Crippen molar-refractivity contribution in [3.63, 3.8) is 0 Å². The van der Waals surface area contributed by atoms with E-state index in [9.17, 15) is 0 Å². The molecule has 3 heterocycles. The Balaban J connectivity index is 2.04. The first-order chi connectivity index (χ1) is 8.66. The van der Waals surface area contributed by atoms with E-state index in [0.717, 1.165) is 34.7 Å². The second-order valence-corrected chi connectivity index (χ2v) is 5.52. The quantitative estimate of drug-likeness (QED) is 0.926. The minimum Gasteiger partial charge on any atom is -0.460 e. The molecule has 1 aliphatic rings. The van der Waals surface area contributed by atoms with E-state index in [0.29, 0.717) is 6.04 Å². The third kappa shape index (κ3) is 1.91. The third-order valence-corrected chi connectivity index (χ3v) is 4.18. The van der Waals surface area contributed by atoms with Gasteiger partial charge in [-0.25, -0.2) is 0 Å². The van der Waals surface area contributed by atoms with Gasteiger partial charge in [-0.05, 0) is 54.4 Å². The van der Waals surface area contributed by atoms with Crippen molar-refractivity contribution in [1.82, 2.24) is 15.1 Å². The first-order valence-corrected chi connectivity index (χ1v) is 6.98. The second-order valence-electron chi connectivity index (χ2n) is 4.73. The van der Waals surface area contributed by atoms with Crippen LogP contribution < -0.4 is 5.32 Å². The smallest absolute Gasteiger partial charge is 0.155 e. The molecule has 0 radical (unpaired) electrons. The van der Waals surface area contributed by atoms with Gasteiger partial charge in [-0.2, -0.15) is 5.10 Å². The molecule has 5 heteroatoms. The molecule has 0 bridgehead atoms. The zero-order chi connectivity index (χ0) is 12.7. The lowest BCUT2D eigenvalue weighted by atomic mass is 10.1. The summed E-state index contributed by atoms with van der Waals surface area (Å²) in [5.74, 6) is 1.72. The number of hydrogen-bond donors (Lipinski definition) is 1. The molecule has 0 aliphatic carbocycles. The summed E-state index contributed by atoms with van der Waals surface area (Å²) in [6.07, 6.45) is 2.38. The van der Waals surface area contributed by atoms with Gasteiger partial charge in [0.05, 0.1) is 16.2 Å². The summed E-state index contributed by atoms with van der Waals surface area (Å²) in [6, 6.07) is 4.32. The molecule has 0 amide bonds. The topological polar surface area (TPSA) is 43.0 Å². The van der Waals surface area contributed by atoms with E-state index in [-0.39, 0.29) is 0 Å². The van der Waals surface area contributed by atoms with Crippen LogP contribution in [0.4, 0.5) is 0 Å². The molecule has 1 N–H and O–H groups in total. The van der Waals surface area contributed by atoms with Gasteiger partial charge < -0.3 is 9.73 Å².